The minimum Gasteiger partial charge on any atom is -0.469 e. The van der Waals surface area contributed by atoms with Crippen LogP contribution in [0.3, 0.4) is 0 Å². The number of halogens is 2. The van der Waals surface area contributed by atoms with Gasteiger partial charge in [-0.2, -0.15) is 0 Å². The molecule has 0 aliphatic heterocycles. The van der Waals surface area contributed by atoms with Crippen molar-refractivity contribution in [3.8, 4) is 0 Å². The normalized spacial score (nSPS) is 20.1. The fourth-order valence-corrected chi connectivity index (χ4v) is 3.88. The molecule has 1 aromatic carbocycles. The van der Waals surface area contributed by atoms with Crippen LogP contribution in [-0.2, 0) is 22.4 Å². The highest BCUT2D eigenvalue weighted by molar-refractivity contribution is 6.45. The van der Waals surface area contributed by atoms with Crippen molar-refractivity contribution in [1.82, 2.24) is 0 Å². The topological polar surface area (TPSA) is 43.4 Å². The average Bonchev–Trinajstić information content (AvgIpc) is 2.77. The summed E-state index contributed by atoms with van der Waals surface area (Å²) in [5.41, 5.74) is 1.67. The molecule has 0 spiro atoms. The highest BCUT2D eigenvalue weighted by Crippen LogP contribution is 2.47. The van der Waals surface area contributed by atoms with Crippen LogP contribution in [0.15, 0.2) is 6.07 Å². The van der Waals surface area contributed by atoms with Crippen LogP contribution in [0.2, 0.25) is 10.0 Å². The van der Waals surface area contributed by atoms with E-state index >= 15 is 0 Å². The summed E-state index contributed by atoms with van der Waals surface area (Å²) >= 11 is 12.6. The fourth-order valence-electron chi connectivity index (χ4n) is 3.33. The Labute approximate surface area is 140 Å². The van der Waals surface area contributed by atoms with Crippen LogP contribution in [-0.4, -0.2) is 18.9 Å². The van der Waals surface area contributed by atoms with E-state index in [2.05, 4.69) is 11.7 Å². The number of methoxy groups -OCH3 is 1. The maximum absolute atomic E-state index is 12.9. The molecular formula is C17H20Cl2O3. The number of fused-ring (bicyclic) bond motifs is 1. The maximum atomic E-state index is 12.9. The summed E-state index contributed by atoms with van der Waals surface area (Å²) < 4.78 is 4.68. The third kappa shape index (κ3) is 2.77. The molecule has 120 valence electrons. The summed E-state index contributed by atoms with van der Waals surface area (Å²) in [5.74, 6) is -0.291. The molecule has 2 rings (SSSR count). The lowest BCUT2D eigenvalue weighted by Crippen LogP contribution is -2.27. The SMILES string of the molecule is CCCC1(CC)Cc2cc(CC(=O)OC)c(Cl)c(Cl)c2C1=O. The van der Waals surface area contributed by atoms with Gasteiger partial charge < -0.3 is 4.74 Å². The van der Waals surface area contributed by atoms with Crippen LogP contribution >= 0.6 is 23.2 Å². The van der Waals surface area contributed by atoms with Gasteiger partial charge in [0.2, 0.25) is 0 Å². The fraction of sp³-hybridized carbons (Fsp3) is 0.529. The van der Waals surface area contributed by atoms with Gasteiger partial charge in [-0.25, -0.2) is 0 Å². The minimum atomic E-state index is -0.381. The second kappa shape index (κ2) is 6.59. The highest BCUT2D eigenvalue weighted by Gasteiger charge is 2.45. The first kappa shape index (κ1) is 17.3. The Hall–Kier alpha value is -1.06. The Morgan fingerprint density at radius 3 is 2.55 bits per heavy atom. The number of carbonyl (C=O) groups excluding carboxylic acids is 2. The lowest BCUT2D eigenvalue weighted by Gasteiger charge is -2.25. The molecule has 0 N–H and O–H groups in total. The second-order valence-corrected chi connectivity index (χ2v) is 6.60. The standard InChI is InChI=1S/C17H20Cl2O3/c1-4-6-17(5-2)9-11-7-10(8-12(20)22-3)14(18)15(19)13(11)16(17)21/h7H,4-6,8-9H2,1-3H3. The van der Waals surface area contributed by atoms with Crippen LogP contribution in [0.5, 0.6) is 0 Å². The molecular weight excluding hydrogens is 323 g/mol. The molecule has 0 aromatic heterocycles. The molecule has 3 nitrogen and oxygen atoms in total. The zero-order valence-electron chi connectivity index (χ0n) is 13.1. The van der Waals surface area contributed by atoms with Crippen LogP contribution < -0.4 is 0 Å². The summed E-state index contributed by atoms with van der Waals surface area (Å²) in [6.45, 7) is 4.11. The molecule has 22 heavy (non-hydrogen) atoms. The van der Waals surface area contributed by atoms with Crippen LogP contribution in [0.4, 0.5) is 0 Å². The molecule has 0 saturated heterocycles. The third-order valence-electron chi connectivity index (χ3n) is 4.57. The number of ketones is 1. The van der Waals surface area contributed by atoms with Gasteiger partial charge >= 0.3 is 5.97 Å². The molecule has 1 aromatic rings. The smallest absolute Gasteiger partial charge is 0.310 e. The molecule has 0 heterocycles. The summed E-state index contributed by atoms with van der Waals surface area (Å²) in [5, 5.41) is 0.553. The molecule has 0 saturated carbocycles. The highest BCUT2D eigenvalue weighted by atomic mass is 35.5. The van der Waals surface area contributed by atoms with E-state index in [9.17, 15) is 9.59 Å². The minimum absolute atomic E-state index is 0.0590. The number of hydrogen-bond acceptors (Lipinski definition) is 3. The Bertz CT molecular complexity index is 625. The molecule has 1 aliphatic carbocycles. The number of esters is 1. The Balaban J connectivity index is 2.50. The predicted molar refractivity (Wildman–Crippen MR) is 87.8 cm³/mol. The lowest BCUT2D eigenvalue weighted by molar-refractivity contribution is -0.139. The summed E-state index contributed by atoms with van der Waals surface area (Å²) in [4.78, 5) is 24.4. The first-order chi connectivity index (χ1) is 10.4. The zero-order valence-corrected chi connectivity index (χ0v) is 14.6. The van der Waals surface area contributed by atoms with Gasteiger partial charge in [-0.1, -0.05) is 49.5 Å². The number of Topliss-reactive ketones (excluding diaryl/α,β-unsaturated/α-hetero) is 1. The van der Waals surface area contributed by atoms with E-state index in [1.54, 1.807) is 0 Å². The Morgan fingerprint density at radius 2 is 2.00 bits per heavy atom. The average molecular weight is 343 g/mol. The van der Waals surface area contributed by atoms with Gasteiger partial charge in [0.1, 0.15) is 0 Å². The van der Waals surface area contributed by atoms with Gasteiger partial charge in [0.15, 0.2) is 5.78 Å². The van der Waals surface area contributed by atoms with Crippen LogP contribution in [0.1, 0.15) is 54.6 Å². The molecule has 0 bridgehead atoms. The van der Waals surface area contributed by atoms with E-state index < -0.39 is 0 Å². The third-order valence-corrected chi connectivity index (χ3v) is 5.48. The lowest BCUT2D eigenvalue weighted by atomic mass is 9.77. The zero-order chi connectivity index (χ0) is 16.5. The summed E-state index contributed by atoms with van der Waals surface area (Å²) in [7, 11) is 1.33. The van der Waals surface area contributed by atoms with Gasteiger partial charge in [-0.15, -0.1) is 0 Å². The van der Waals surface area contributed by atoms with E-state index in [1.807, 2.05) is 13.0 Å². The van der Waals surface area contributed by atoms with Gasteiger partial charge in [0.25, 0.3) is 0 Å². The van der Waals surface area contributed by atoms with Crippen molar-refractivity contribution in [3.05, 3.63) is 32.8 Å². The van der Waals surface area contributed by atoms with E-state index in [-0.39, 0.29) is 33.6 Å². The number of carbonyl (C=O) groups is 2. The monoisotopic (exact) mass is 342 g/mol. The Morgan fingerprint density at radius 1 is 1.32 bits per heavy atom. The van der Waals surface area contributed by atoms with E-state index in [0.29, 0.717) is 17.5 Å². The molecule has 1 atom stereocenters. The summed E-state index contributed by atoms with van der Waals surface area (Å²) in [6, 6.07) is 1.84. The quantitative estimate of drug-likeness (QED) is 0.731. The number of hydrogen-bond donors (Lipinski definition) is 0. The summed E-state index contributed by atoms with van der Waals surface area (Å²) in [6.07, 6.45) is 3.26. The van der Waals surface area contributed by atoms with Crippen molar-refractivity contribution >= 4 is 35.0 Å². The van der Waals surface area contributed by atoms with E-state index in [4.69, 9.17) is 23.2 Å². The number of benzene rings is 1. The maximum Gasteiger partial charge on any atom is 0.310 e. The van der Waals surface area contributed by atoms with Gasteiger partial charge in [-0.05, 0) is 30.4 Å². The second-order valence-electron chi connectivity index (χ2n) is 5.84. The molecule has 1 unspecified atom stereocenters. The first-order valence-corrected chi connectivity index (χ1v) is 8.27. The molecule has 0 fully saturated rings. The number of ether oxygens (including phenoxy) is 1. The van der Waals surface area contributed by atoms with Gasteiger partial charge in [0, 0.05) is 11.0 Å². The molecule has 0 amide bonds. The van der Waals surface area contributed by atoms with Crippen molar-refractivity contribution in [2.24, 2.45) is 5.41 Å². The molecule has 5 heteroatoms. The Kier molecular flexibility index (Phi) is 5.18. The van der Waals surface area contributed by atoms with Gasteiger partial charge in [-0.3, -0.25) is 9.59 Å². The van der Waals surface area contributed by atoms with E-state index in [0.717, 1.165) is 24.8 Å². The van der Waals surface area contributed by atoms with Gasteiger partial charge in [0.05, 0.1) is 23.6 Å². The van der Waals surface area contributed by atoms with Crippen molar-refractivity contribution in [2.75, 3.05) is 7.11 Å². The first-order valence-electron chi connectivity index (χ1n) is 7.51. The van der Waals surface area contributed by atoms with Crippen molar-refractivity contribution < 1.29 is 14.3 Å². The van der Waals surface area contributed by atoms with E-state index in [1.165, 1.54) is 7.11 Å². The predicted octanol–water partition coefficient (Wildman–Crippen LogP) is 4.64. The van der Waals surface area contributed by atoms with Crippen molar-refractivity contribution in [3.63, 3.8) is 0 Å². The van der Waals surface area contributed by atoms with Crippen molar-refractivity contribution in [1.29, 1.82) is 0 Å². The molecule has 0 radical (unpaired) electrons. The van der Waals surface area contributed by atoms with Crippen LogP contribution in [0, 0.1) is 5.41 Å². The van der Waals surface area contributed by atoms with Crippen LogP contribution in [0.25, 0.3) is 0 Å². The largest absolute Gasteiger partial charge is 0.469 e. The number of rotatable bonds is 5. The van der Waals surface area contributed by atoms with Crippen molar-refractivity contribution in [2.45, 2.75) is 46.0 Å². The molecule has 1 aliphatic rings.